The Morgan fingerprint density at radius 1 is 1.19 bits per heavy atom. The van der Waals surface area contributed by atoms with Crippen molar-refractivity contribution < 1.29 is 9.18 Å². The molecule has 3 rings (SSSR count). The summed E-state index contributed by atoms with van der Waals surface area (Å²) in [5, 5.41) is 11.6. The Bertz CT molecular complexity index is 943. The molecule has 0 unspecified atom stereocenters. The van der Waals surface area contributed by atoms with E-state index in [0.29, 0.717) is 11.0 Å². The molecule has 1 N–H and O–H groups in total. The molecular weight excluding hydrogens is 419 g/mol. The second kappa shape index (κ2) is 8.01. The molecule has 0 aliphatic heterocycles. The molecule has 0 radical (unpaired) electrons. The zero-order valence-electron chi connectivity index (χ0n) is 14.2. The lowest BCUT2D eigenvalue weighted by Crippen LogP contribution is -2.15. The number of amides is 1. The highest BCUT2D eigenvalue weighted by Crippen LogP contribution is 2.25. The number of benzene rings is 2. The van der Waals surface area contributed by atoms with Gasteiger partial charge in [0.25, 0.3) is 0 Å². The van der Waals surface area contributed by atoms with Crippen molar-refractivity contribution >= 4 is 39.3 Å². The van der Waals surface area contributed by atoms with Crippen LogP contribution in [0.25, 0.3) is 5.69 Å². The highest BCUT2D eigenvalue weighted by molar-refractivity contribution is 9.10. The summed E-state index contributed by atoms with van der Waals surface area (Å²) >= 11 is 4.72. The number of hydrogen-bond donors (Lipinski definition) is 1. The van der Waals surface area contributed by atoms with E-state index in [2.05, 4.69) is 31.4 Å². The number of rotatable bonds is 5. The minimum Gasteiger partial charge on any atom is -0.324 e. The molecular formula is C18H16BrFN4OS. The Morgan fingerprint density at radius 2 is 1.92 bits per heavy atom. The van der Waals surface area contributed by atoms with E-state index in [9.17, 15) is 9.18 Å². The van der Waals surface area contributed by atoms with Crippen LogP contribution in [-0.4, -0.2) is 26.4 Å². The molecule has 0 aliphatic rings. The fourth-order valence-corrected chi connectivity index (χ4v) is 3.75. The summed E-state index contributed by atoms with van der Waals surface area (Å²) in [6.07, 6.45) is 0. The lowest BCUT2D eigenvalue weighted by molar-refractivity contribution is -0.113. The van der Waals surface area contributed by atoms with Crippen LogP contribution in [0.5, 0.6) is 0 Å². The van der Waals surface area contributed by atoms with Crippen molar-refractivity contribution in [2.45, 2.75) is 19.0 Å². The van der Waals surface area contributed by atoms with Gasteiger partial charge in [-0.2, -0.15) is 0 Å². The first kappa shape index (κ1) is 18.6. The molecule has 0 atom stereocenters. The van der Waals surface area contributed by atoms with Crippen molar-refractivity contribution in [1.29, 1.82) is 0 Å². The van der Waals surface area contributed by atoms with Crippen LogP contribution in [0.4, 0.5) is 10.1 Å². The minimum atomic E-state index is -0.309. The standard InChI is InChI=1S/C18H16BrFN4OS/c1-11-3-8-16(15(19)9-11)21-17(25)10-26-18-23-22-12(2)24(18)14-6-4-13(20)5-7-14/h3-9H,10H2,1-2H3,(H,21,25). The van der Waals surface area contributed by atoms with E-state index in [1.165, 1.54) is 23.9 Å². The zero-order chi connectivity index (χ0) is 18.7. The molecule has 0 spiro atoms. The molecule has 0 aliphatic carbocycles. The first-order chi connectivity index (χ1) is 12.4. The highest BCUT2D eigenvalue weighted by Gasteiger charge is 2.14. The van der Waals surface area contributed by atoms with E-state index >= 15 is 0 Å². The third-order valence-electron chi connectivity index (χ3n) is 3.61. The number of hydrogen-bond acceptors (Lipinski definition) is 4. The Kier molecular flexibility index (Phi) is 5.73. The summed E-state index contributed by atoms with van der Waals surface area (Å²) < 4.78 is 15.8. The van der Waals surface area contributed by atoms with E-state index in [1.54, 1.807) is 16.7 Å². The number of carbonyl (C=O) groups is 1. The molecule has 0 saturated carbocycles. The molecule has 0 fully saturated rings. The fourth-order valence-electron chi connectivity index (χ4n) is 2.36. The quantitative estimate of drug-likeness (QED) is 0.599. The smallest absolute Gasteiger partial charge is 0.234 e. The number of anilines is 1. The van der Waals surface area contributed by atoms with Gasteiger partial charge in [-0.05, 0) is 71.7 Å². The van der Waals surface area contributed by atoms with Gasteiger partial charge in [0.15, 0.2) is 5.16 Å². The molecule has 1 aromatic heterocycles. The maximum Gasteiger partial charge on any atom is 0.234 e. The van der Waals surface area contributed by atoms with Gasteiger partial charge in [-0.15, -0.1) is 10.2 Å². The van der Waals surface area contributed by atoms with Crippen LogP contribution in [0.3, 0.4) is 0 Å². The maximum absolute atomic E-state index is 13.1. The fraction of sp³-hybridized carbons (Fsp3) is 0.167. The van der Waals surface area contributed by atoms with Crippen LogP contribution in [0, 0.1) is 19.7 Å². The van der Waals surface area contributed by atoms with Crippen LogP contribution >= 0.6 is 27.7 Å². The van der Waals surface area contributed by atoms with Crippen molar-refractivity contribution in [1.82, 2.24) is 14.8 Å². The number of aromatic nitrogens is 3. The van der Waals surface area contributed by atoms with Crippen molar-refractivity contribution in [3.8, 4) is 5.69 Å². The number of thioether (sulfide) groups is 1. The van der Waals surface area contributed by atoms with Gasteiger partial charge in [0.2, 0.25) is 5.91 Å². The normalized spacial score (nSPS) is 10.8. The van der Waals surface area contributed by atoms with Gasteiger partial charge in [-0.1, -0.05) is 17.8 Å². The summed E-state index contributed by atoms with van der Waals surface area (Å²) in [4.78, 5) is 12.3. The molecule has 1 heterocycles. The summed E-state index contributed by atoms with van der Waals surface area (Å²) in [6, 6.07) is 11.8. The maximum atomic E-state index is 13.1. The number of halogens is 2. The molecule has 5 nitrogen and oxygen atoms in total. The third-order valence-corrected chi connectivity index (χ3v) is 5.20. The molecule has 134 valence electrons. The first-order valence-corrected chi connectivity index (χ1v) is 9.58. The Morgan fingerprint density at radius 3 is 2.62 bits per heavy atom. The molecule has 8 heteroatoms. The average molecular weight is 435 g/mol. The topological polar surface area (TPSA) is 59.8 Å². The van der Waals surface area contributed by atoms with Crippen molar-refractivity contribution in [2.75, 3.05) is 11.1 Å². The number of aryl methyl sites for hydroxylation is 2. The molecule has 2 aromatic carbocycles. The van der Waals surface area contributed by atoms with Crippen LogP contribution < -0.4 is 5.32 Å². The summed E-state index contributed by atoms with van der Waals surface area (Å²) in [6.45, 7) is 3.79. The molecule has 0 bridgehead atoms. The van der Waals surface area contributed by atoms with Gasteiger partial charge < -0.3 is 5.32 Å². The SMILES string of the molecule is Cc1ccc(NC(=O)CSc2nnc(C)n2-c2ccc(F)cc2)c(Br)c1. The van der Waals surface area contributed by atoms with Gasteiger partial charge in [-0.25, -0.2) is 4.39 Å². The molecule has 26 heavy (non-hydrogen) atoms. The Hall–Kier alpha value is -2.19. The predicted octanol–water partition coefficient (Wildman–Crippen LogP) is 4.52. The van der Waals surface area contributed by atoms with Crippen molar-refractivity contribution in [2.24, 2.45) is 0 Å². The van der Waals surface area contributed by atoms with E-state index in [4.69, 9.17) is 0 Å². The number of carbonyl (C=O) groups excluding carboxylic acids is 1. The van der Waals surface area contributed by atoms with Gasteiger partial charge in [0.05, 0.1) is 11.4 Å². The molecule has 0 saturated heterocycles. The van der Waals surface area contributed by atoms with Crippen LogP contribution in [0.1, 0.15) is 11.4 Å². The second-order valence-electron chi connectivity index (χ2n) is 5.66. The van der Waals surface area contributed by atoms with E-state index in [0.717, 1.165) is 21.4 Å². The summed E-state index contributed by atoms with van der Waals surface area (Å²) in [7, 11) is 0. The Balaban J connectivity index is 1.70. The second-order valence-corrected chi connectivity index (χ2v) is 7.46. The lowest BCUT2D eigenvalue weighted by atomic mass is 10.2. The van der Waals surface area contributed by atoms with Gasteiger partial charge >= 0.3 is 0 Å². The van der Waals surface area contributed by atoms with E-state index in [1.807, 2.05) is 32.0 Å². The van der Waals surface area contributed by atoms with Gasteiger partial charge in [0.1, 0.15) is 11.6 Å². The van der Waals surface area contributed by atoms with Crippen molar-refractivity contribution in [3.63, 3.8) is 0 Å². The summed E-state index contributed by atoms with van der Waals surface area (Å²) in [5.74, 6) is 0.392. The lowest BCUT2D eigenvalue weighted by Gasteiger charge is -2.09. The molecule has 3 aromatic rings. The average Bonchev–Trinajstić information content (AvgIpc) is 2.97. The number of nitrogens with zero attached hydrogens (tertiary/aromatic N) is 3. The highest BCUT2D eigenvalue weighted by atomic mass is 79.9. The van der Waals surface area contributed by atoms with Gasteiger partial charge in [-0.3, -0.25) is 9.36 Å². The van der Waals surface area contributed by atoms with E-state index in [-0.39, 0.29) is 17.5 Å². The van der Waals surface area contributed by atoms with Crippen LogP contribution in [0.2, 0.25) is 0 Å². The van der Waals surface area contributed by atoms with Gasteiger partial charge in [0, 0.05) is 10.2 Å². The minimum absolute atomic E-state index is 0.147. The van der Waals surface area contributed by atoms with Crippen LogP contribution in [-0.2, 0) is 4.79 Å². The number of nitrogens with one attached hydrogen (secondary N) is 1. The monoisotopic (exact) mass is 434 g/mol. The summed E-state index contributed by atoms with van der Waals surface area (Å²) in [5.41, 5.74) is 2.57. The zero-order valence-corrected chi connectivity index (χ0v) is 16.6. The van der Waals surface area contributed by atoms with E-state index < -0.39 is 0 Å². The largest absolute Gasteiger partial charge is 0.324 e. The third kappa shape index (κ3) is 4.31. The van der Waals surface area contributed by atoms with Crippen molar-refractivity contribution in [3.05, 3.63) is 64.1 Å². The Labute approximate surface area is 163 Å². The first-order valence-electron chi connectivity index (χ1n) is 7.81. The molecule has 1 amide bonds. The van der Waals surface area contributed by atoms with Crippen LogP contribution in [0.15, 0.2) is 52.1 Å². The predicted molar refractivity (Wildman–Crippen MR) is 104 cm³/mol.